The Kier molecular flexibility index (Phi) is 18.1. The maximum atomic E-state index is 13.5. The van der Waals surface area contributed by atoms with Crippen LogP contribution < -0.4 is 11.5 Å². The van der Waals surface area contributed by atoms with Gasteiger partial charge in [0.15, 0.2) is 11.6 Å². The number of Topliss-reactive ketones (excluding diaryl/α,β-unsaturated/α-hetero) is 2. The van der Waals surface area contributed by atoms with Crippen LogP contribution in [0.1, 0.15) is 131 Å². The van der Waals surface area contributed by atoms with Gasteiger partial charge in [-0.15, -0.1) is 0 Å². The molecule has 4 heterocycles. The minimum absolute atomic E-state index is 0.00622. The standard InChI is InChI=1S/C48H59N3O6.C26H27N3/c1-46(2,3)36-22-24-37(25-23-36)51-38(34-18-14-32(15-19-34)30-42(52)40-12-10-28-49(40)44(54)56-47(4,5)6)26-27-39(51)35-20-16-33(17-21-35)31-43(53)41-13-11-29-50(41)45(55)57-48(7,8)9;1-26(2,3)20-8-14-23(15-9-20)29-24(18-4-10-21(27)11-5-18)16-17-25(29)19-6-12-22(28)13-7-19/h14-27,40-41H,10-13,28-31H2,1-9H3;4-17H,27-28H2,1-3H3/t40-,41-;/m0./s1. The van der Waals surface area contributed by atoms with E-state index in [1.54, 1.807) is 9.80 Å². The molecule has 12 nitrogen and oxygen atoms in total. The lowest BCUT2D eigenvalue weighted by Gasteiger charge is -2.28. The van der Waals surface area contributed by atoms with Gasteiger partial charge >= 0.3 is 12.2 Å². The largest absolute Gasteiger partial charge is 0.444 e. The molecule has 0 radical (unpaired) electrons. The molecular weight excluding hydrogens is 1070 g/mol. The second kappa shape index (κ2) is 25.1. The van der Waals surface area contributed by atoms with E-state index in [1.807, 2.05) is 90.1 Å². The van der Waals surface area contributed by atoms with Crippen LogP contribution in [0.3, 0.4) is 0 Å². The first-order valence-corrected chi connectivity index (χ1v) is 30.2. The van der Waals surface area contributed by atoms with Crippen molar-refractivity contribution in [2.75, 3.05) is 24.6 Å². The minimum atomic E-state index is -0.622. The zero-order chi connectivity index (χ0) is 61.9. The van der Waals surface area contributed by atoms with Gasteiger partial charge < -0.3 is 30.1 Å². The Hall–Kier alpha value is -8.64. The Bertz CT molecular complexity index is 3480. The Morgan fingerprint density at radius 2 is 0.674 bits per heavy atom. The molecule has 4 N–H and O–H groups in total. The lowest BCUT2D eigenvalue weighted by molar-refractivity contribution is -0.123. The SMILES string of the molecule is CC(C)(C)OC(=O)N1CCC[C@H]1C(=O)Cc1ccc(-c2ccc(-c3ccc(CC(=O)[C@@H]4CCCN4C(=O)OC(C)(C)C)cc3)n2-c2ccc(C(C)(C)C)cc2)cc1.CC(C)(C)c1ccc(-n2c(-c3ccc(N)cc3)ccc2-c2ccc(N)cc2)cc1. The monoisotopic (exact) mass is 1150 g/mol. The molecule has 0 saturated carbocycles. The van der Waals surface area contributed by atoms with Crippen molar-refractivity contribution in [1.29, 1.82) is 0 Å². The van der Waals surface area contributed by atoms with E-state index in [0.717, 1.165) is 91.7 Å². The molecule has 12 heteroatoms. The van der Waals surface area contributed by atoms with Gasteiger partial charge in [-0.2, -0.15) is 0 Å². The van der Waals surface area contributed by atoms with Crippen molar-refractivity contribution in [3.8, 4) is 56.4 Å². The van der Waals surface area contributed by atoms with Gasteiger partial charge in [0.25, 0.3) is 0 Å². The molecule has 2 fully saturated rings. The molecule has 0 unspecified atom stereocenters. The fourth-order valence-corrected chi connectivity index (χ4v) is 11.4. The first-order valence-electron chi connectivity index (χ1n) is 30.2. The highest BCUT2D eigenvalue weighted by atomic mass is 16.6. The van der Waals surface area contributed by atoms with Crippen LogP contribution >= 0.6 is 0 Å². The summed E-state index contributed by atoms with van der Waals surface area (Å²) < 4.78 is 15.7. The van der Waals surface area contributed by atoms with Crippen LogP contribution in [-0.4, -0.2) is 79.1 Å². The Balaban J connectivity index is 0.000000254. The highest BCUT2D eigenvalue weighted by Gasteiger charge is 2.38. The first-order chi connectivity index (χ1) is 40.6. The van der Waals surface area contributed by atoms with Gasteiger partial charge in [-0.05, 0) is 195 Å². The van der Waals surface area contributed by atoms with E-state index >= 15 is 0 Å². The summed E-state index contributed by atoms with van der Waals surface area (Å²) in [7, 11) is 0. The summed E-state index contributed by atoms with van der Waals surface area (Å²) in [5.74, 6) is 0.0360. The van der Waals surface area contributed by atoms with E-state index < -0.39 is 35.5 Å². The van der Waals surface area contributed by atoms with Gasteiger partial charge in [0.2, 0.25) is 0 Å². The average Bonchev–Trinajstić information content (AvgIpc) is 1.78. The molecular formula is C74H86N6O6. The molecule has 2 amide bonds. The fraction of sp³-hybridized carbons (Fsp3) is 0.351. The van der Waals surface area contributed by atoms with Gasteiger partial charge in [0.05, 0.1) is 34.9 Å². The number of rotatable bonds is 12. The molecule has 8 aromatic rings. The number of nitrogen functional groups attached to an aromatic ring is 2. The van der Waals surface area contributed by atoms with Crippen LogP contribution in [-0.2, 0) is 42.7 Å². The normalized spacial score (nSPS) is 15.5. The molecule has 2 aromatic heterocycles. The summed E-state index contributed by atoms with van der Waals surface area (Å²) in [5, 5.41) is 0. The molecule has 2 saturated heterocycles. The summed E-state index contributed by atoms with van der Waals surface area (Å²) in [6, 6.07) is 57.4. The zero-order valence-electron chi connectivity index (χ0n) is 52.4. The van der Waals surface area contributed by atoms with E-state index in [4.69, 9.17) is 20.9 Å². The van der Waals surface area contributed by atoms with Gasteiger partial charge in [0.1, 0.15) is 11.2 Å². The second-order valence-corrected chi connectivity index (χ2v) is 27.1. The van der Waals surface area contributed by atoms with Crippen molar-refractivity contribution in [2.24, 2.45) is 0 Å². The van der Waals surface area contributed by atoms with Crippen molar-refractivity contribution >= 4 is 35.1 Å². The van der Waals surface area contributed by atoms with E-state index in [-0.39, 0.29) is 35.2 Å². The van der Waals surface area contributed by atoms with Crippen LogP contribution in [0, 0.1) is 0 Å². The molecule has 10 rings (SSSR count). The molecule has 0 bridgehead atoms. The smallest absolute Gasteiger partial charge is 0.410 e. The second-order valence-electron chi connectivity index (χ2n) is 27.1. The third-order valence-electron chi connectivity index (χ3n) is 15.9. The van der Waals surface area contributed by atoms with Gasteiger partial charge in [-0.1, -0.05) is 139 Å². The summed E-state index contributed by atoms with van der Waals surface area (Å²) in [6.45, 7) is 25.4. The first kappa shape index (κ1) is 61.9. The third kappa shape index (κ3) is 14.9. The van der Waals surface area contributed by atoms with Crippen molar-refractivity contribution in [2.45, 2.75) is 156 Å². The minimum Gasteiger partial charge on any atom is -0.444 e. The Morgan fingerprint density at radius 1 is 0.395 bits per heavy atom. The van der Waals surface area contributed by atoms with Crippen molar-refractivity contribution < 1.29 is 28.7 Å². The number of ether oxygens (including phenoxy) is 2. The molecule has 0 aliphatic carbocycles. The summed E-state index contributed by atoms with van der Waals surface area (Å²) in [4.78, 5) is 55.8. The lowest BCUT2D eigenvalue weighted by Crippen LogP contribution is -2.43. The number of benzene rings is 6. The molecule has 2 aliphatic heterocycles. The fourth-order valence-electron chi connectivity index (χ4n) is 11.4. The summed E-state index contributed by atoms with van der Waals surface area (Å²) >= 11 is 0. The highest BCUT2D eigenvalue weighted by molar-refractivity contribution is 5.91. The van der Waals surface area contributed by atoms with Crippen molar-refractivity contribution in [1.82, 2.24) is 18.9 Å². The summed E-state index contributed by atoms with van der Waals surface area (Å²) in [6.07, 6.45) is 2.45. The van der Waals surface area contributed by atoms with Crippen LogP contribution in [0.5, 0.6) is 0 Å². The molecule has 448 valence electrons. The highest BCUT2D eigenvalue weighted by Crippen LogP contribution is 2.37. The van der Waals surface area contributed by atoms with Crippen LogP contribution in [0.4, 0.5) is 21.0 Å². The van der Waals surface area contributed by atoms with Gasteiger partial charge in [-0.25, -0.2) is 9.59 Å². The topological polar surface area (TPSA) is 155 Å². The number of carbonyl (C=O) groups excluding carboxylic acids is 4. The quantitative estimate of drug-likeness (QED) is 0.115. The molecule has 86 heavy (non-hydrogen) atoms. The third-order valence-corrected chi connectivity index (χ3v) is 15.9. The predicted molar refractivity (Wildman–Crippen MR) is 349 cm³/mol. The van der Waals surface area contributed by atoms with Crippen molar-refractivity contribution in [3.05, 3.63) is 192 Å². The van der Waals surface area contributed by atoms with E-state index in [9.17, 15) is 19.2 Å². The number of carbonyl (C=O) groups is 4. The molecule has 6 aromatic carbocycles. The number of amides is 2. The summed E-state index contributed by atoms with van der Waals surface area (Å²) in [5.41, 5.74) is 27.2. The maximum absolute atomic E-state index is 13.5. The van der Waals surface area contributed by atoms with E-state index in [0.29, 0.717) is 25.9 Å². The van der Waals surface area contributed by atoms with E-state index in [1.165, 1.54) is 11.1 Å². The number of nitrogens with two attached hydrogens (primary N) is 2. The lowest BCUT2D eigenvalue weighted by atomic mass is 9.87. The van der Waals surface area contributed by atoms with Crippen LogP contribution in [0.2, 0.25) is 0 Å². The van der Waals surface area contributed by atoms with Gasteiger partial charge in [-0.3, -0.25) is 19.4 Å². The Labute approximate surface area is 509 Å². The van der Waals surface area contributed by atoms with Gasteiger partial charge in [0, 0.05) is 48.7 Å². The molecule has 2 atom stereocenters. The maximum Gasteiger partial charge on any atom is 0.410 e. The van der Waals surface area contributed by atoms with Crippen molar-refractivity contribution in [3.63, 3.8) is 0 Å². The van der Waals surface area contributed by atoms with Crippen LogP contribution in [0.15, 0.2) is 170 Å². The number of likely N-dealkylation sites (tertiary alicyclic amines) is 2. The number of aromatic nitrogens is 2. The number of nitrogens with zero attached hydrogens (tertiary/aromatic N) is 4. The van der Waals surface area contributed by atoms with Crippen LogP contribution in [0.25, 0.3) is 56.4 Å². The number of hydrogen-bond donors (Lipinski definition) is 2. The molecule has 0 spiro atoms. The zero-order valence-corrected chi connectivity index (χ0v) is 52.4. The molecule has 2 aliphatic rings. The predicted octanol–water partition coefficient (Wildman–Crippen LogP) is 16.4. The number of hydrogen-bond acceptors (Lipinski definition) is 8. The number of ketones is 2. The van der Waals surface area contributed by atoms with E-state index in [2.05, 4.69) is 172 Å². The average molecular weight is 1160 g/mol. The Morgan fingerprint density at radius 3 is 0.942 bits per heavy atom. The number of anilines is 2.